The number of nitrogens with one attached hydrogen (secondary N) is 1. The van der Waals surface area contributed by atoms with E-state index in [0.29, 0.717) is 10.6 Å². The first-order chi connectivity index (χ1) is 16.0. The number of benzene rings is 3. The Morgan fingerprint density at radius 3 is 2.41 bits per heavy atom. The van der Waals surface area contributed by atoms with Gasteiger partial charge in [-0.3, -0.25) is 19.2 Å². The molecule has 0 radical (unpaired) electrons. The van der Waals surface area contributed by atoms with E-state index < -0.39 is 27.4 Å². The van der Waals surface area contributed by atoms with Crippen LogP contribution in [0.1, 0.15) is 11.1 Å². The lowest BCUT2D eigenvalue weighted by Crippen LogP contribution is -2.38. The summed E-state index contributed by atoms with van der Waals surface area (Å²) in [6.45, 7) is 2.87. The molecular weight excluding hydrogens is 482 g/mol. The number of amides is 1. The second-order valence-electron chi connectivity index (χ2n) is 7.40. The number of aryl methyl sites for hydroxylation is 1. The molecule has 9 nitrogen and oxygen atoms in total. The van der Waals surface area contributed by atoms with Crippen molar-refractivity contribution < 1.29 is 22.9 Å². The number of sulfonamides is 1. The summed E-state index contributed by atoms with van der Waals surface area (Å²) in [5.74, 6) is -0.542. The van der Waals surface area contributed by atoms with Gasteiger partial charge in [0.15, 0.2) is 0 Å². The van der Waals surface area contributed by atoms with E-state index in [1.54, 1.807) is 37.3 Å². The number of nitro benzene ring substituents is 1. The van der Waals surface area contributed by atoms with Gasteiger partial charge in [-0.2, -0.15) is 0 Å². The maximum Gasteiger partial charge on any atom is 0.271 e. The molecule has 178 valence electrons. The smallest absolute Gasteiger partial charge is 0.271 e. The van der Waals surface area contributed by atoms with Gasteiger partial charge < -0.3 is 10.1 Å². The zero-order valence-corrected chi connectivity index (χ0v) is 20.2. The highest BCUT2D eigenvalue weighted by atomic mass is 35.5. The Morgan fingerprint density at radius 1 is 1.12 bits per heavy atom. The molecule has 0 aromatic heterocycles. The molecule has 3 rings (SSSR count). The van der Waals surface area contributed by atoms with E-state index in [2.05, 4.69) is 5.32 Å². The van der Waals surface area contributed by atoms with Crippen LogP contribution >= 0.6 is 11.6 Å². The third-order valence-electron chi connectivity index (χ3n) is 5.07. The molecule has 0 bridgehead atoms. The summed E-state index contributed by atoms with van der Waals surface area (Å²) >= 11 is 6.23. The van der Waals surface area contributed by atoms with Gasteiger partial charge in [0, 0.05) is 17.2 Å². The summed E-state index contributed by atoms with van der Waals surface area (Å²) in [5, 5.41) is 14.0. The average Bonchev–Trinajstić information content (AvgIpc) is 2.79. The number of hydrogen-bond acceptors (Lipinski definition) is 6. The Hall–Kier alpha value is -3.63. The summed E-state index contributed by atoms with van der Waals surface area (Å²) in [7, 11) is -2.81. The lowest BCUT2D eigenvalue weighted by molar-refractivity contribution is -0.384. The van der Waals surface area contributed by atoms with Gasteiger partial charge in [-0.15, -0.1) is 0 Å². The van der Waals surface area contributed by atoms with E-state index >= 15 is 0 Å². The first kappa shape index (κ1) is 25.0. The number of non-ortho nitro benzene ring substituents is 1. The van der Waals surface area contributed by atoms with Crippen molar-refractivity contribution in [3.63, 3.8) is 0 Å². The molecule has 1 amide bonds. The third-order valence-corrected chi connectivity index (χ3v) is 7.26. The Kier molecular flexibility index (Phi) is 7.43. The SMILES string of the molecule is COc1ccc([N+](=O)[O-])cc1NC(=O)CN(c1cccc(Cl)c1C)S(=O)(=O)c1ccc(C)cc1. The standard InChI is InChI=1S/C23H22ClN3O6S/c1-15-7-10-18(11-8-15)34(31,32)26(21-6-4-5-19(24)16(21)2)14-23(28)25-20-13-17(27(29)30)9-12-22(20)33-3/h4-13H,14H2,1-3H3,(H,25,28). The lowest BCUT2D eigenvalue weighted by atomic mass is 10.2. The maximum absolute atomic E-state index is 13.6. The molecule has 0 aliphatic heterocycles. The molecule has 0 aliphatic rings. The minimum Gasteiger partial charge on any atom is -0.495 e. The molecule has 11 heteroatoms. The van der Waals surface area contributed by atoms with Crippen molar-refractivity contribution in [3.05, 3.63) is 86.9 Å². The summed E-state index contributed by atoms with van der Waals surface area (Å²) in [4.78, 5) is 23.5. The number of methoxy groups -OCH3 is 1. The number of ether oxygens (including phenoxy) is 1. The van der Waals surface area contributed by atoms with Gasteiger partial charge in [-0.05, 0) is 49.7 Å². The molecule has 0 fully saturated rings. The Labute approximate surface area is 202 Å². The number of nitro groups is 1. The van der Waals surface area contributed by atoms with Crippen LogP contribution in [0, 0.1) is 24.0 Å². The number of anilines is 2. The van der Waals surface area contributed by atoms with E-state index in [4.69, 9.17) is 16.3 Å². The fourth-order valence-electron chi connectivity index (χ4n) is 3.23. The number of rotatable bonds is 8. The molecule has 3 aromatic carbocycles. The largest absolute Gasteiger partial charge is 0.495 e. The van der Waals surface area contributed by atoms with E-state index in [-0.39, 0.29) is 27.7 Å². The van der Waals surface area contributed by atoms with Gasteiger partial charge in [0.1, 0.15) is 12.3 Å². The molecular formula is C23H22ClN3O6S. The van der Waals surface area contributed by atoms with Gasteiger partial charge in [-0.25, -0.2) is 8.42 Å². The van der Waals surface area contributed by atoms with Crippen LogP contribution in [0.4, 0.5) is 17.1 Å². The van der Waals surface area contributed by atoms with Crippen LogP contribution in [0.2, 0.25) is 5.02 Å². The fraction of sp³-hybridized carbons (Fsp3) is 0.174. The Bertz CT molecular complexity index is 1340. The number of carbonyl (C=O) groups excluding carboxylic acids is 1. The van der Waals surface area contributed by atoms with Crippen LogP contribution in [0.5, 0.6) is 5.75 Å². The number of halogens is 1. The van der Waals surface area contributed by atoms with Crippen molar-refractivity contribution in [3.8, 4) is 5.75 Å². The maximum atomic E-state index is 13.6. The van der Waals surface area contributed by atoms with Crippen LogP contribution in [-0.2, 0) is 14.8 Å². The summed E-state index contributed by atoms with van der Waals surface area (Å²) < 4.78 is 33.2. The van der Waals surface area contributed by atoms with Crippen LogP contribution in [-0.4, -0.2) is 32.9 Å². The van der Waals surface area contributed by atoms with Gasteiger partial charge in [-0.1, -0.05) is 35.4 Å². The molecule has 0 saturated heterocycles. The summed E-state index contributed by atoms with van der Waals surface area (Å²) in [6.07, 6.45) is 0. The fourth-order valence-corrected chi connectivity index (χ4v) is 4.88. The zero-order chi connectivity index (χ0) is 25.0. The molecule has 0 spiro atoms. The Balaban J connectivity index is 2.02. The van der Waals surface area contributed by atoms with Gasteiger partial charge in [0.25, 0.3) is 15.7 Å². The lowest BCUT2D eigenvalue weighted by Gasteiger charge is -2.26. The molecule has 0 heterocycles. The average molecular weight is 504 g/mol. The van der Waals surface area contributed by atoms with Crippen LogP contribution in [0.15, 0.2) is 65.6 Å². The van der Waals surface area contributed by atoms with Crippen molar-refractivity contribution >= 4 is 44.6 Å². The third kappa shape index (κ3) is 5.29. The molecule has 0 aliphatic carbocycles. The van der Waals surface area contributed by atoms with Crippen molar-refractivity contribution in [2.24, 2.45) is 0 Å². The van der Waals surface area contributed by atoms with Gasteiger partial charge in [0.05, 0.1) is 28.3 Å². The molecule has 0 atom stereocenters. The van der Waals surface area contributed by atoms with Crippen LogP contribution < -0.4 is 14.4 Å². The predicted molar refractivity (Wildman–Crippen MR) is 130 cm³/mol. The second-order valence-corrected chi connectivity index (χ2v) is 9.67. The van der Waals surface area contributed by atoms with E-state index in [1.165, 1.54) is 31.4 Å². The molecule has 3 aromatic rings. The number of carbonyl (C=O) groups is 1. The number of nitrogens with zero attached hydrogens (tertiary/aromatic N) is 2. The minimum atomic E-state index is -4.16. The molecule has 34 heavy (non-hydrogen) atoms. The summed E-state index contributed by atoms with van der Waals surface area (Å²) in [6, 6.07) is 14.7. The van der Waals surface area contributed by atoms with Crippen LogP contribution in [0.3, 0.4) is 0 Å². The van der Waals surface area contributed by atoms with Crippen LogP contribution in [0.25, 0.3) is 0 Å². The highest BCUT2D eigenvalue weighted by Gasteiger charge is 2.29. The highest BCUT2D eigenvalue weighted by molar-refractivity contribution is 7.92. The van der Waals surface area contributed by atoms with Crippen molar-refractivity contribution in [1.82, 2.24) is 0 Å². The van der Waals surface area contributed by atoms with Crippen molar-refractivity contribution in [2.45, 2.75) is 18.7 Å². The first-order valence-corrected chi connectivity index (χ1v) is 11.8. The predicted octanol–water partition coefficient (Wildman–Crippen LogP) is 4.71. The highest BCUT2D eigenvalue weighted by Crippen LogP contribution is 2.32. The first-order valence-electron chi connectivity index (χ1n) is 10.0. The second kappa shape index (κ2) is 10.1. The molecule has 1 N–H and O–H groups in total. The van der Waals surface area contributed by atoms with Crippen molar-refractivity contribution in [1.29, 1.82) is 0 Å². The van der Waals surface area contributed by atoms with E-state index in [9.17, 15) is 23.3 Å². The molecule has 0 saturated carbocycles. The summed E-state index contributed by atoms with van der Waals surface area (Å²) in [5.41, 5.74) is 1.36. The number of hydrogen-bond donors (Lipinski definition) is 1. The molecule has 0 unspecified atom stereocenters. The monoisotopic (exact) mass is 503 g/mol. The quantitative estimate of drug-likeness (QED) is 0.351. The topological polar surface area (TPSA) is 119 Å². The Morgan fingerprint density at radius 2 is 1.79 bits per heavy atom. The van der Waals surface area contributed by atoms with Crippen molar-refractivity contribution in [2.75, 3.05) is 23.3 Å². The zero-order valence-electron chi connectivity index (χ0n) is 18.6. The van der Waals surface area contributed by atoms with Gasteiger partial charge in [0.2, 0.25) is 5.91 Å². The normalized spacial score (nSPS) is 11.1. The minimum absolute atomic E-state index is 0.00166. The van der Waals surface area contributed by atoms with E-state index in [0.717, 1.165) is 15.9 Å². The van der Waals surface area contributed by atoms with E-state index in [1.807, 2.05) is 6.92 Å². The van der Waals surface area contributed by atoms with Gasteiger partial charge >= 0.3 is 0 Å².